The zero-order valence-electron chi connectivity index (χ0n) is 23.2. The van der Waals surface area contributed by atoms with Gasteiger partial charge in [-0.05, 0) is 31.4 Å². The van der Waals surface area contributed by atoms with E-state index in [-0.39, 0.29) is 37.5 Å². The number of carbonyl (C=O) groups is 6. The maximum absolute atomic E-state index is 13.3. The molecule has 0 radical (unpaired) electrons. The number of carboxylic acid groups (broad SMARTS) is 1. The van der Waals surface area contributed by atoms with Crippen LogP contribution < -0.4 is 37.6 Å². The SMILES string of the molecule is C=C/C=C(\C=C/C(=C)O)C[C@@H]1NC(=O)[C@H](CC(=O)O)NC(=O)CNC(=O)[C@H](CCCNC(=N)N)NC(=O)[C@@H](C)NC1=O. The lowest BCUT2D eigenvalue weighted by molar-refractivity contribution is -0.141. The molecule has 4 atom stereocenters. The number of nitrogens with one attached hydrogen (secondary N) is 7. The number of hydrogen-bond donors (Lipinski definition) is 10. The molecule has 1 aliphatic rings. The highest BCUT2D eigenvalue weighted by Gasteiger charge is 2.32. The van der Waals surface area contributed by atoms with Crippen LogP contribution >= 0.6 is 0 Å². The van der Waals surface area contributed by atoms with Crippen LogP contribution in [0.2, 0.25) is 0 Å². The fraction of sp³-hybridized carbons (Fsp3) is 0.423. The van der Waals surface area contributed by atoms with Gasteiger partial charge >= 0.3 is 5.97 Å². The van der Waals surface area contributed by atoms with Crippen molar-refractivity contribution in [2.45, 2.75) is 56.8 Å². The van der Waals surface area contributed by atoms with Crippen LogP contribution in [-0.4, -0.2) is 88.9 Å². The zero-order chi connectivity index (χ0) is 31.8. The van der Waals surface area contributed by atoms with Crippen molar-refractivity contribution in [3.8, 4) is 0 Å². The third kappa shape index (κ3) is 13.3. The first-order valence-corrected chi connectivity index (χ1v) is 12.9. The first-order valence-electron chi connectivity index (χ1n) is 12.9. The summed E-state index contributed by atoms with van der Waals surface area (Å²) in [5.41, 5.74) is 5.64. The molecule has 0 unspecified atom stereocenters. The molecular weight excluding hydrogens is 552 g/mol. The summed E-state index contributed by atoms with van der Waals surface area (Å²) >= 11 is 0. The lowest BCUT2D eigenvalue weighted by atomic mass is 10.0. The van der Waals surface area contributed by atoms with E-state index in [9.17, 15) is 39.0 Å². The highest BCUT2D eigenvalue weighted by atomic mass is 16.4. The summed E-state index contributed by atoms with van der Waals surface area (Å²) in [7, 11) is 0. The Balaban J connectivity index is 3.39. The molecule has 16 nitrogen and oxygen atoms in total. The molecule has 0 aliphatic carbocycles. The van der Waals surface area contributed by atoms with E-state index in [0.29, 0.717) is 5.57 Å². The van der Waals surface area contributed by atoms with Crippen molar-refractivity contribution in [2.75, 3.05) is 13.1 Å². The Morgan fingerprint density at radius 3 is 2.19 bits per heavy atom. The smallest absolute Gasteiger partial charge is 0.305 e. The monoisotopic (exact) mass is 590 g/mol. The van der Waals surface area contributed by atoms with Gasteiger partial charge in [-0.1, -0.05) is 31.4 Å². The van der Waals surface area contributed by atoms with Gasteiger partial charge < -0.3 is 47.8 Å². The molecule has 11 N–H and O–H groups in total. The molecule has 230 valence electrons. The van der Waals surface area contributed by atoms with Crippen LogP contribution in [0.4, 0.5) is 0 Å². The third-order valence-corrected chi connectivity index (χ3v) is 5.72. The Morgan fingerprint density at radius 2 is 1.60 bits per heavy atom. The number of aliphatic carboxylic acids is 1. The summed E-state index contributed by atoms with van der Waals surface area (Å²) in [6.45, 7) is 7.85. The third-order valence-electron chi connectivity index (χ3n) is 5.72. The topological polar surface area (TPSA) is 265 Å². The average Bonchev–Trinajstić information content (AvgIpc) is 2.90. The lowest BCUT2D eigenvalue weighted by Gasteiger charge is -2.24. The number of hydrogen-bond acceptors (Lipinski definition) is 8. The predicted octanol–water partition coefficient (Wildman–Crippen LogP) is -2.06. The second kappa shape index (κ2) is 17.5. The number of carboxylic acids is 1. The average molecular weight is 591 g/mol. The van der Waals surface area contributed by atoms with Gasteiger partial charge in [-0.15, -0.1) is 0 Å². The molecule has 5 amide bonds. The molecule has 0 spiro atoms. The van der Waals surface area contributed by atoms with Gasteiger partial charge in [-0.25, -0.2) is 0 Å². The van der Waals surface area contributed by atoms with E-state index < -0.39 is 72.6 Å². The van der Waals surface area contributed by atoms with Crippen molar-refractivity contribution in [3.05, 3.63) is 48.8 Å². The molecule has 1 heterocycles. The quantitative estimate of drug-likeness (QED) is 0.0413. The minimum atomic E-state index is -1.61. The Hall–Kier alpha value is -5.15. The zero-order valence-corrected chi connectivity index (χ0v) is 23.2. The van der Waals surface area contributed by atoms with E-state index in [0.717, 1.165) is 0 Å². The summed E-state index contributed by atoms with van der Waals surface area (Å²) in [6, 6.07) is -5.32. The minimum Gasteiger partial charge on any atom is -0.509 e. The fourth-order valence-corrected chi connectivity index (χ4v) is 3.66. The second-order valence-corrected chi connectivity index (χ2v) is 9.28. The van der Waals surface area contributed by atoms with Crippen LogP contribution in [0.5, 0.6) is 0 Å². The van der Waals surface area contributed by atoms with E-state index in [1.54, 1.807) is 0 Å². The number of aliphatic hydroxyl groups is 1. The van der Waals surface area contributed by atoms with Gasteiger partial charge in [0.15, 0.2) is 5.96 Å². The maximum Gasteiger partial charge on any atom is 0.305 e. The standard InChI is InChI=1S/C26H38N8O8/c1-4-6-16(9-8-14(2)35)11-18-24(41)31-15(3)22(39)33-17(7-5-10-29-26(27)28)23(40)30-13-20(36)32-19(12-21(37)38)25(42)34-18/h4,6,8-9,15,17-19,35H,1-2,5,7,10-13H2,3H3,(H,30,40)(H,31,41)(H,32,36)(H,33,39)(H,34,42)(H,37,38)(H4,27,28,29)/b9-8-,16-6+/t15-,17+,18+,19+/m1/s1. The van der Waals surface area contributed by atoms with Gasteiger partial charge in [0, 0.05) is 13.0 Å². The highest BCUT2D eigenvalue weighted by molar-refractivity contribution is 5.97. The predicted molar refractivity (Wildman–Crippen MR) is 152 cm³/mol. The lowest BCUT2D eigenvalue weighted by Crippen LogP contribution is -2.57. The molecule has 0 aromatic heterocycles. The Labute approximate surface area is 242 Å². The normalized spacial score (nSPS) is 22.8. The summed E-state index contributed by atoms with van der Waals surface area (Å²) < 4.78 is 0. The molecule has 42 heavy (non-hydrogen) atoms. The van der Waals surface area contributed by atoms with E-state index in [2.05, 4.69) is 45.1 Å². The van der Waals surface area contributed by atoms with Gasteiger partial charge in [-0.3, -0.25) is 34.2 Å². The first kappa shape index (κ1) is 34.9. The maximum atomic E-state index is 13.3. The van der Waals surface area contributed by atoms with Crippen LogP contribution in [0.3, 0.4) is 0 Å². The number of nitrogens with two attached hydrogens (primary N) is 1. The molecule has 0 aromatic carbocycles. The van der Waals surface area contributed by atoms with E-state index in [1.807, 2.05) is 0 Å². The van der Waals surface area contributed by atoms with Crippen molar-refractivity contribution < 1.29 is 39.0 Å². The van der Waals surface area contributed by atoms with Crippen molar-refractivity contribution in [2.24, 2.45) is 5.73 Å². The molecule has 0 saturated carbocycles. The van der Waals surface area contributed by atoms with Crippen molar-refractivity contribution in [3.63, 3.8) is 0 Å². The molecule has 0 bridgehead atoms. The van der Waals surface area contributed by atoms with Gasteiger partial charge in [0.25, 0.3) is 0 Å². The molecule has 1 saturated heterocycles. The number of allylic oxidation sites excluding steroid dienone is 4. The number of carbonyl (C=O) groups excluding carboxylic acids is 5. The molecule has 1 aliphatic heterocycles. The molecule has 16 heteroatoms. The summed E-state index contributed by atoms with van der Waals surface area (Å²) in [5, 5.41) is 40.5. The van der Waals surface area contributed by atoms with Gasteiger partial charge in [-0.2, -0.15) is 0 Å². The highest BCUT2D eigenvalue weighted by Crippen LogP contribution is 2.11. The Bertz CT molecular complexity index is 1150. The van der Waals surface area contributed by atoms with Gasteiger partial charge in [0.1, 0.15) is 29.9 Å². The van der Waals surface area contributed by atoms with Crippen molar-refractivity contribution in [1.29, 1.82) is 5.41 Å². The second-order valence-electron chi connectivity index (χ2n) is 9.28. The van der Waals surface area contributed by atoms with Gasteiger partial charge in [0.2, 0.25) is 29.5 Å². The van der Waals surface area contributed by atoms with Crippen LogP contribution in [-0.2, 0) is 28.8 Å². The largest absolute Gasteiger partial charge is 0.509 e. The van der Waals surface area contributed by atoms with Gasteiger partial charge in [0.05, 0.1) is 13.0 Å². The minimum absolute atomic E-state index is 0.0721. The number of guanidine groups is 1. The summed E-state index contributed by atoms with van der Waals surface area (Å²) in [6.07, 6.45) is 4.87. The molecule has 1 rings (SSSR count). The Morgan fingerprint density at radius 1 is 0.976 bits per heavy atom. The van der Waals surface area contributed by atoms with E-state index in [4.69, 9.17) is 11.1 Å². The number of rotatable bonds is 11. The molecule has 1 fully saturated rings. The van der Waals surface area contributed by atoms with Crippen LogP contribution in [0.15, 0.2) is 48.8 Å². The Kier molecular flexibility index (Phi) is 14.5. The van der Waals surface area contributed by atoms with Crippen LogP contribution in [0, 0.1) is 5.41 Å². The number of amides is 5. The van der Waals surface area contributed by atoms with E-state index >= 15 is 0 Å². The van der Waals surface area contributed by atoms with Crippen LogP contribution in [0.1, 0.15) is 32.6 Å². The summed E-state index contributed by atoms with van der Waals surface area (Å²) in [5.74, 6) is -6.21. The first-order chi connectivity index (χ1) is 19.7. The molecule has 0 aromatic rings. The van der Waals surface area contributed by atoms with E-state index in [1.165, 1.54) is 31.2 Å². The van der Waals surface area contributed by atoms with Crippen LogP contribution in [0.25, 0.3) is 0 Å². The summed E-state index contributed by atoms with van der Waals surface area (Å²) in [4.78, 5) is 76.1. The fourth-order valence-electron chi connectivity index (χ4n) is 3.66. The molecular formula is C26H38N8O8. The van der Waals surface area contributed by atoms with Crippen molar-refractivity contribution >= 4 is 41.5 Å². The number of aliphatic hydroxyl groups excluding tert-OH is 1. The van der Waals surface area contributed by atoms with Crippen molar-refractivity contribution in [1.82, 2.24) is 31.9 Å².